The predicted octanol–water partition coefficient (Wildman–Crippen LogP) is 1.44. The van der Waals surface area contributed by atoms with Crippen LogP contribution in [0, 0.1) is 28.4 Å². The fourth-order valence-corrected chi connectivity index (χ4v) is 2.70. The van der Waals surface area contributed by atoms with Crippen LogP contribution in [0.5, 0.6) is 0 Å². The Labute approximate surface area is 111 Å². The highest BCUT2D eigenvalue weighted by atomic mass is 32.2. The fourth-order valence-electron chi connectivity index (χ4n) is 1.40. The molecule has 0 N–H and O–H groups in total. The summed E-state index contributed by atoms with van der Waals surface area (Å²) in [6.07, 6.45) is 0. The summed E-state index contributed by atoms with van der Waals surface area (Å²) in [6.45, 7) is 2.95. The number of nitrogens with zero attached hydrogens (tertiary/aromatic N) is 3. The normalized spacial score (nSPS) is 13.0. The molecule has 0 aliphatic rings. The first-order chi connectivity index (χ1) is 8.71. The van der Waals surface area contributed by atoms with E-state index in [4.69, 9.17) is 5.26 Å². The van der Waals surface area contributed by atoms with Gasteiger partial charge in [-0.15, -0.1) is 0 Å². The molecule has 19 heavy (non-hydrogen) atoms. The SMILES string of the molecule is Cc1ccc(S(=O)(=O)N(C)C(C)C#N)cc1[N+](=O)[O-]. The molecule has 8 heteroatoms. The van der Waals surface area contributed by atoms with Crippen LogP contribution in [0.25, 0.3) is 0 Å². The van der Waals surface area contributed by atoms with Crippen molar-refractivity contribution in [1.82, 2.24) is 4.31 Å². The molecule has 0 saturated carbocycles. The van der Waals surface area contributed by atoms with E-state index < -0.39 is 21.0 Å². The molecule has 0 radical (unpaired) electrons. The minimum Gasteiger partial charge on any atom is -0.258 e. The third-order valence-corrected chi connectivity index (χ3v) is 4.71. The molecule has 0 aromatic heterocycles. The van der Waals surface area contributed by atoms with E-state index >= 15 is 0 Å². The predicted molar refractivity (Wildman–Crippen MR) is 67.9 cm³/mol. The molecule has 0 spiro atoms. The second kappa shape index (κ2) is 5.34. The quantitative estimate of drug-likeness (QED) is 0.614. The maximum absolute atomic E-state index is 12.2. The largest absolute Gasteiger partial charge is 0.273 e. The molecular weight excluding hydrogens is 270 g/mol. The Morgan fingerprint density at radius 2 is 2.05 bits per heavy atom. The van der Waals surface area contributed by atoms with Crippen LogP contribution in [0.3, 0.4) is 0 Å². The molecule has 7 nitrogen and oxygen atoms in total. The van der Waals surface area contributed by atoms with Crippen LogP contribution in [-0.2, 0) is 10.0 Å². The van der Waals surface area contributed by atoms with Gasteiger partial charge in [0.15, 0.2) is 0 Å². The summed E-state index contributed by atoms with van der Waals surface area (Å²) in [7, 11) is -2.66. The lowest BCUT2D eigenvalue weighted by Gasteiger charge is -2.19. The molecule has 102 valence electrons. The average molecular weight is 283 g/mol. The summed E-state index contributed by atoms with van der Waals surface area (Å²) in [5.41, 5.74) is 0.110. The van der Waals surface area contributed by atoms with Gasteiger partial charge in [0.2, 0.25) is 10.0 Å². The molecule has 0 bridgehead atoms. The van der Waals surface area contributed by atoms with Crippen molar-refractivity contribution in [2.75, 3.05) is 7.05 Å². The van der Waals surface area contributed by atoms with Gasteiger partial charge in [0.25, 0.3) is 5.69 Å². The van der Waals surface area contributed by atoms with Crippen molar-refractivity contribution in [3.8, 4) is 6.07 Å². The Morgan fingerprint density at radius 1 is 1.47 bits per heavy atom. The Morgan fingerprint density at radius 3 is 2.53 bits per heavy atom. The van der Waals surface area contributed by atoms with Gasteiger partial charge < -0.3 is 0 Å². The molecule has 0 heterocycles. The van der Waals surface area contributed by atoms with Gasteiger partial charge in [0, 0.05) is 18.7 Å². The number of benzene rings is 1. The third-order valence-electron chi connectivity index (χ3n) is 2.79. The lowest BCUT2D eigenvalue weighted by atomic mass is 10.2. The number of nitro benzene ring substituents is 1. The lowest BCUT2D eigenvalue weighted by molar-refractivity contribution is -0.385. The van der Waals surface area contributed by atoms with Gasteiger partial charge in [-0.25, -0.2) is 8.42 Å². The zero-order valence-corrected chi connectivity index (χ0v) is 11.5. The maximum atomic E-state index is 12.2. The van der Waals surface area contributed by atoms with Crippen LogP contribution in [0.4, 0.5) is 5.69 Å². The van der Waals surface area contributed by atoms with E-state index in [-0.39, 0.29) is 10.6 Å². The molecule has 0 fully saturated rings. The van der Waals surface area contributed by atoms with Crippen molar-refractivity contribution in [3.05, 3.63) is 33.9 Å². The van der Waals surface area contributed by atoms with Crippen molar-refractivity contribution in [1.29, 1.82) is 5.26 Å². The molecule has 0 aliphatic heterocycles. The molecule has 0 amide bonds. The number of rotatable bonds is 4. The zero-order valence-electron chi connectivity index (χ0n) is 10.7. The minimum atomic E-state index is -3.92. The molecule has 1 rings (SSSR count). The van der Waals surface area contributed by atoms with E-state index in [1.54, 1.807) is 6.07 Å². The summed E-state index contributed by atoms with van der Waals surface area (Å²) in [5, 5.41) is 19.5. The van der Waals surface area contributed by atoms with Gasteiger partial charge in [0.05, 0.1) is 15.9 Å². The van der Waals surface area contributed by atoms with Crippen LogP contribution in [0.2, 0.25) is 0 Å². The molecule has 1 aromatic carbocycles. The first-order valence-corrected chi connectivity index (χ1v) is 6.78. The lowest BCUT2D eigenvalue weighted by Crippen LogP contribution is -2.34. The highest BCUT2D eigenvalue weighted by Gasteiger charge is 2.27. The first kappa shape index (κ1) is 15.1. The van der Waals surface area contributed by atoms with Crippen molar-refractivity contribution in [3.63, 3.8) is 0 Å². The number of hydrogen-bond donors (Lipinski definition) is 0. The van der Waals surface area contributed by atoms with Crippen LogP contribution in [0.15, 0.2) is 23.1 Å². The number of nitro groups is 1. The summed E-state index contributed by atoms with van der Waals surface area (Å²) in [5.74, 6) is 0. The summed E-state index contributed by atoms with van der Waals surface area (Å²) in [4.78, 5) is 9.97. The van der Waals surface area contributed by atoms with Crippen LogP contribution >= 0.6 is 0 Å². The number of nitriles is 1. The standard InChI is InChI=1S/C11H13N3O4S/c1-8-4-5-10(6-11(8)14(15)16)19(17,18)13(3)9(2)7-12/h4-6,9H,1-3H3. The summed E-state index contributed by atoms with van der Waals surface area (Å²) < 4.78 is 25.2. The van der Waals surface area contributed by atoms with Crippen molar-refractivity contribution in [2.45, 2.75) is 24.8 Å². The van der Waals surface area contributed by atoms with Crippen molar-refractivity contribution < 1.29 is 13.3 Å². The minimum absolute atomic E-state index is 0.200. The topological polar surface area (TPSA) is 104 Å². The van der Waals surface area contributed by atoms with E-state index in [1.807, 2.05) is 0 Å². The highest BCUT2D eigenvalue weighted by Crippen LogP contribution is 2.24. The van der Waals surface area contributed by atoms with Crippen LogP contribution < -0.4 is 0 Å². The van der Waals surface area contributed by atoms with Crippen molar-refractivity contribution in [2.24, 2.45) is 0 Å². The van der Waals surface area contributed by atoms with Gasteiger partial charge in [-0.3, -0.25) is 10.1 Å². The first-order valence-electron chi connectivity index (χ1n) is 5.34. The van der Waals surface area contributed by atoms with E-state index in [2.05, 4.69) is 0 Å². The van der Waals surface area contributed by atoms with E-state index in [1.165, 1.54) is 33.0 Å². The summed E-state index contributed by atoms with van der Waals surface area (Å²) >= 11 is 0. The van der Waals surface area contributed by atoms with E-state index in [9.17, 15) is 18.5 Å². The summed E-state index contributed by atoms with van der Waals surface area (Å²) in [6, 6.07) is 4.61. The second-order valence-electron chi connectivity index (χ2n) is 4.03. The molecule has 0 saturated heterocycles. The number of sulfonamides is 1. The zero-order chi connectivity index (χ0) is 14.8. The Bertz CT molecular complexity index is 648. The maximum Gasteiger partial charge on any atom is 0.273 e. The average Bonchev–Trinajstić information content (AvgIpc) is 2.36. The van der Waals surface area contributed by atoms with Gasteiger partial charge >= 0.3 is 0 Å². The Balaban J connectivity index is 3.35. The Hall–Kier alpha value is -1.98. The smallest absolute Gasteiger partial charge is 0.258 e. The molecule has 1 atom stereocenters. The van der Waals surface area contributed by atoms with Crippen LogP contribution in [0.1, 0.15) is 12.5 Å². The van der Waals surface area contributed by atoms with Gasteiger partial charge in [-0.2, -0.15) is 9.57 Å². The highest BCUT2D eigenvalue weighted by molar-refractivity contribution is 7.89. The third kappa shape index (κ3) is 2.89. The monoisotopic (exact) mass is 283 g/mol. The Kier molecular flexibility index (Phi) is 4.24. The van der Waals surface area contributed by atoms with Crippen LogP contribution in [-0.4, -0.2) is 30.7 Å². The van der Waals surface area contributed by atoms with Gasteiger partial charge in [0.1, 0.15) is 6.04 Å². The molecule has 0 aliphatic carbocycles. The van der Waals surface area contributed by atoms with Crippen molar-refractivity contribution >= 4 is 15.7 Å². The number of hydrogen-bond acceptors (Lipinski definition) is 5. The molecule has 1 unspecified atom stereocenters. The van der Waals surface area contributed by atoms with E-state index in [0.29, 0.717) is 5.56 Å². The van der Waals surface area contributed by atoms with Gasteiger partial charge in [-0.1, -0.05) is 6.07 Å². The fraction of sp³-hybridized carbons (Fsp3) is 0.364. The molecule has 1 aromatic rings. The van der Waals surface area contributed by atoms with E-state index in [0.717, 1.165) is 10.4 Å². The number of aryl methyl sites for hydroxylation is 1. The second-order valence-corrected chi connectivity index (χ2v) is 6.03. The molecular formula is C11H13N3O4S. The van der Waals surface area contributed by atoms with Gasteiger partial charge in [-0.05, 0) is 19.9 Å².